The maximum Gasteiger partial charge on any atom is 0.277 e. The summed E-state index contributed by atoms with van der Waals surface area (Å²) in [6, 6.07) is 15.4. The summed E-state index contributed by atoms with van der Waals surface area (Å²) in [4.78, 5) is 24.2. The zero-order chi connectivity index (χ0) is 17.4. The van der Waals surface area contributed by atoms with Gasteiger partial charge in [-0.15, -0.1) is 0 Å². The van der Waals surface area contributed by atoms with Gasteiger partial charge in [0.25, 0.3) is 5.56 Å². The minimum Gasteiger partial charge on any atom is -0.399 e. The van der Waals surface area contributed by atoms with E-state index in [0.29, 0.717) is 29.2 Å². The fraction of sp³-hybridized carbons (Fsp3) is 0.105. The van der Waals surface area contributed by atoms with Crippen molar-refractivity contribution in [3.63, 3.8) is 0 Å². The van der Waals surface area contributed by atoms with Crippen molar-refractivity contribution >= 4 is 16.9 Å². The van der Waals surface area contributed by atoms with Gasteiger partial charge in [-0.1, -0.05) is 42.0 Å². The number of aromatic nitrogens is 4. The lowest BCUT2D eigenvalue weighted by molar-refractivity contribution is 0.819. The summed E-state index contributed by atoms with van der Waals surface area (Å²) >= 11 is 0. The third-order valence-corrected chi connectivity index (χ3v) is 4.12. The molecular weight excluding hydrogens is 314 g/mol. The molecule has 0 bridgehead atoms. The average Bonchev–Trinajstić information content (AvgIpc) is 3.00. The van der Waals surface area contributed by atoms with Gasteiger partial charge in [0.05, 0.1) is 6.33 Å². The molecule has 0 atom stereocenters. The van der Waals surface area contributed by atoms with Crippen LogP contribution >= 0.6 is 0 Å². The highest BCUT2D eigenvalue weighted by Crippen LogP contribution is 2.18. The Morgan fingerprint density at radius 1 is 1.16 bits per heavy atom. The van der Waals surface area contributed by atoms with Gasteiger partial charge in [-0.05, 0) is 24.6 Å². The van der Waals surface area contributed by atoms with E-state index in [1.165, 1.54) is 5.56 Å². The molecule has 0 aliphatic carbocycles. The molecule has 0 saturated heterocycles. The molecule has 3 N–H and O–H groups in total. The predicted octanol–water partition coefficient (Wildman–Crippen LogP) is 2.73. The van der Waals surface area contributed by atoms with E-state index >= 15 is 0 Å². The maximum absolute atomic E-state index is 12.6. The van der Waals surface area contributed by atoms with Crippen molar-refractivity contribution in [3.05, 3.63) is 76.3 Å². The average molecular weight is 331 g/mol. The Bertz CT molecular complexity index is 1110. The molecule has 0 saturated carbocycles. The van der Waals surface area contributed by atoms with Crippen molar-refractivity contribution in [1.29, 1.82) is 0 Å². The van der Waals surface area contributed by atoms with Gasteiger partial charge < -0.3 is 15.3 Å². The van der Waals surface area contributed by atoms with Gasteiger partial charge in [0, 0.05) is 17.8 Å². The zero-order valence-corrected chi connectivity index (χ0v) is 13.7. The zero-order valence-electron chi connectivity index (χ0n) is 13.7. The molecule has 2 aromatic carbocycles. The Morgan fingerprint density at radius 3 is 2.72 bits per heavy atom. The van der Waals surface area contributed by atoms with Crippen LogP contribution in [-0.2, 0) is 6.54 Å². The summed E-state index contributed by atoms with van der Waals surface area (Å²) in [6.45, 7) is 2.61. The smallest absolute Gasteiger partial charge is 0.277 e. The van der Waals surface area contributed by atoms with Gasteiger partial charge in [-0.2, -0.15) is 0 Å². The SMILES string of the molecule is Cc1ccc(Cn2cnc3nc(-c4cccc(N)c4)[nH]c(=O)c32)cc1. The van der Waals surface area contributed by atoms with Crippen LogP contribution in [0.25, 0.3) is 22.6 Å². The van der Waals surface area contributed by atoms with Crippen molar-refractivity contribution in [3.8, 4) is 11.4 Å². The van der Waals surface area contributed by atoms with E-state index in [2.05, 4.69) is 27.1 Å². The van der Waals surface area contributed by atoms with Crippen molar-refractivity contribution in [2.24, 2.45) is 0 Å². The van der Waals surface area contributed by atoms with Crippen molar-refractivity contribution in [1.82, 2.24) is 19.5 Å². The number of aryl methyl sites for hydroxylation is 1. The molecule has 2 aromatic heterocycles. The summed E-state index contributed by atoms with van der Waals surface area (Å²) in [7, 11) is 0. The minimum absolute atomic E-state index is 0.216. The van der Waals surface area contributed by atoms with Gasteiger partial charge in [0.2, 0.25) is 0 Å². The first-order valence-electron chi connectivity index (χ1n) is 7.97. The second-order valence-electron chi connectivity index (χ2n) is 6.07. The molecule has 0 amide bonds. The molecule has 4 rings (SSSR count). The number of hydrogen-bond donors (Lipinski definition) is 2. The van der Waals surface area contributed by atoms with Gasteiger partial charge in [-0.25, -0.2) is 9.97 Å². The molecule has 0 spiro atoms. The summed E-state index contributed by atoms with van der Waals surface area (Å²) in [6.07, 6.45) is 1.65. The van der Waals surface area contributed by atoms with Crippen LogP contribution in [0.15, 0.2) is 59.7 Å². The number of rotatable bonds is 3. The Morgan fingerprint density at radius 2 is 1.96 bits per heavy atom. The topological polar surface area (TPSA) is 89.6 Å². The van der Waals surface area contributed by atoms with Crippen molar-refractivity contribution in [2.75, 3.05) is 5.73 Å². The number of H-pyrrole nitrogens is 1. The van der Waals surface area contributed by atoms with E-state index in [4.69, 9.17) is 5.73 Å². The van der Waals surface area contributed by atoms with Crippen LogP contribution in [0.5, 0.6) is 0 Å². The number of nitrogens with one attached hydrogen (secondary N) is 1. The molecule has 6 nitrogen and oxygen atoms in total. The van der Waals surface area contributed by atoms with Gasteiger partial charge in [-0.3, -0.25) is 4.79 Å². The first kappa shape index (κ1) is 15.1. The van der Waals surface area contributed by atoms with E-state index < -0.39 is 0 Å². The maximum atomic E-state index is 12.6. The third-order valence-electron chi connectivity index (χ3n) is 4.12. The summed E-state index contributed by atoms with van der Waals surface area (Å²) in [5.41, 5.74) is 10.2. The number of fused-ring (bicyclic) bond motifs is 1. The van der Waals surface area contributed by atoms with E-state index in [-0.39, 0.29) is 5.56 Å². The number of nitrogens with zero attached hydrogens (tertiary/aromatic N) is 3. The standard InChI is InChI=1S/C19H17N5O/c1-12-5-7-13(8-6-12)10-24-11-21-18-16(24)19(25)23-17(22-18)14-3-2-4-15(20)9-14/h2-9,11H,10,20H2,1H3,(H,22,23,25). The van der Waals surface area contributed by atoms with Crippen LogP contribution in [0.2, 0.25) is 0 Å². The van der Waals surface area contributed by atoms with Crippen LogP contribution in [0.3, 0.4) is 0 Å². The Hall–Kier alpha value is -3.41. The van der Waals surface area contributed by atoms with E-state index in [1.54, 1.807) is 18.5 Å². The Balaban J connectivity index is 1.77. The molecule has 4 aromatic rings. The summed E-state index contributed by atoms with van der Waals surface area (Å²) in [5.74, 6) is 0.463. The number of anilines is 1. The van der Waals surface area contributed by atoms with Crippen LogP contribution < -0.4 is 11.3 Å². The van der Waals surface area contributed by atoms with Gasteiger partial charge in [0.15, 0.2) is 11.2 Å². The van der Waals surface area contributed by atoms with E-state index in [9.17, 15) is 4.79 Å². The number of hydrogen-bond acceptors (Lipinski definition) is 4. The first-order chi connectivity index (χ1) is 12.1. The molecule has 25 heavy (non-hydrogen) atoms. The molecule has 0 radical (unpaired) electrons. The third kappa shape index (κ3) is 2.89. The molecule has 0 aliphatic heterocycles. The molecule has 0 fully saturated rings. The molecule has 0 unspecified atom stereocenters. The van der Waals surface area contributed by atoms with Gasteiger partial charge in [0.1, 0.15) is 5.82 Å². The molecule has 124 valence electrons. The molecule has 0 aliphatic rings. The highest BCUT2D eigenvalue weighted by atomic mass is 16.1. The lowest BCUT2D eigenvalue weighted by atomic mass is 10.1. The van der Waals surface area contributed by atoms with Crippen molar-refractivity contribution < 1.29 is 0 Å². The first-order valence-corrected chi connectivity index (χ1v) is 7.97. The van der Waals surface area contributed by atoms with E-state index in [0.717, 1.165) is 11.1 Å². The fourth-order valence-electron chi connectivity index (χ4n) is 2.82. The minimum atomic E-state index is -0.216. The van der Waals surface area contributed by atoms with Gasteiger partial charge >= 0.3 is 0 Å². The predicted molar refractivity (Wildman–Crippen MR) is 98.3 cm³/mol. The number of nitrogens with two attached hydrogens (primary N) is 1. The fourth-order valence-corrected chi connectivity index (χ4v) is 2.82. The highest BCUT2D eigenvalue weighted by Gasteiger charge is 2.12. The normalized spacial score (nSPS) is 11.1. The molecule has 2 heterocycles. The van der Waals surface area contributed by atoms with Crippen molar-refractivity contribution in [2.45, 2.75) is 13.5 Å². The van der Waals surface area contributed by atoms with Crippen LogP contribution in [0.1, 0.15) is 11.1 Å². The molecular formula is C19H17N5O. The monoisotopic (exact) mass is 331 g/mol. The van der Waals surface area contributed by atoms with E-state index in [1.807, 2.05) is 35.8 Å². The van der Waals surface area contributed by atoms with Crippen LogP contribution in [-0.4, -0.2) is 19.5 Å². The summed E-state index contributed by atoms with van der Waals surface area (Å²) in [5, 5.41) is 0. The Kier molecular flexibility index (Phi) is 3.57. The second-order valence-corrected chi connectivity index (χ2v) is 6.07. The Labute approximate surface area is 144 Å². The lowest BCUT2D eigenvalue weighted by Crippen LogP contribution is -2.13. The molecule has 6 heteroatoms. The van der Waals surface area contributed by atoms with Crippen LogP contribution in [0, 0.1) is 6.92 Å². The number of benzene rings is 2. The highest BCUT2D eigenvalue weighted by molar-refractivity contribution is 5.73. The number of imidazole rings is 1. The lowest BCUT2D eigenvalue weighted by Gasteiger charge is -2.05. The second kappa shape index (κ2) is 5.90. The number of nitrogen functional groups attached to an aromatic ring is 1. The van der Waals surface area contributed by atoms with Crippen LogP contribution in [0.4, 0.5) is 5.69 Å². The summed E-state index contributed by atoms with van der Waals surface area (Å²) < 4.78 is 1.81. The quantitative estimate of drug-likeness (QED) is 0.565. The largest absolute Gasteiger partial charge is 0.399 e. The number of aromatic amines is 1.